The molecule has 0 unspecified atom stereocenters. The van der Waals surface area contributed by atoms with Crippen LogP contribution >= 0.6 is 11.3 Å². The molecule has 0 spiro atoms. The lowest BCUT2D eigenvalue weighted by Crippen LogP contribution is -2.40. The molecule has 1 aromatic heterocycles. The monoisotopic (exact) mass is 357 g/mol. The second kappa shape index (κ2) is 8.61. The summed E-state index contributed by atoms with van der Waals surface area (Å²) in [7, 11) is 0. The molecule has 1 atom stereocenters. The number of hydrogen-bond donors (Lipinski definition) is 2. The van der Waals surface area contributed by atoms with Crippen molar-refractivity contribution in [3.05, 3.63) is 52.9 Å². The van der Waals surface area contributed by atoms with E-state index >= 15 is 0 Å². The van der Waals surface area contributed by atoms with E-state index in [4.69, 9.17) is 10.00 Å². The lowest BCUT2D eigenvalue weighted by molar-refractivity contribution is -0.148. The van der Waals surface area contributed by atoms with Gasteiger partial charge in [-0.15, -0.1) is 11.3 Å². The minimum absolute atomic E-state index is 0.341. The van der Waals surface area contributed by atoms with Crippen LogP contribution in [0.15, 0.2) is 41.8 Å². The number of carbonyl (C=O) groups excluding carboxylic acids is 3. The van der Waals surface area contributed by atoms with Gasteiger partial charge >= 0.3 is 5.97 Å². The van der Waals surface area contributed by atoms with Crippen LogP contribution in [0.5, 0.6) is 0 Å². The van der Waals surface area contributed by atoms with Crippen molar-refractivity contribution in [3.8, 4) is 6.07 Å². The fourth-order valence-corrected chi connectivity index (χ4v) is 2.60. The first kappa shape index (κ1) is 18.2. The third kappa shape index (κ3) is 5.16. The SMILES string of the molecule is C[C@H](NC(=O)c1ccccc1)C(=O)OCC(=O)Nc1sccc1C#N. The number of esters is 1. The molecule has 0 aliphatic carbocycles. The molecule has 0 bridgehead atoms. The quantitative estimate of drug-likeness (QED) is 0.768. The number of nitrogens with zero attached hydrogens (tertiary/aromatic N) is 1. The predicted octanol–water partition coefficient (Wildman–Crippen LogP) is 1.92. The van der Waals surface area contributed by atoms with E-state index in [1.165, 1.54) is 18.3 Å². The van der Waals surface area contributed by atoms with Crippen LogP contribution in [-0.4, -0.2) is 30.4 Å². The fraction of sp³-hybridized carbons (Fsp3) is 0.176. The number of nitrogens with one attached hydrogen (secondary N) is 2. The van der Waals surface area contributed by atoms with Crippen LogP contribution in [0.4, 0.5) is 5.00 Å². The molecule has 2 aromatic rings. The second-order valence-electron chi connectivity index (χ2n) is 4.99. The molecular weight excluding hydrogens is 342 g/mol. The Labute approximate surface area is 148 Å². The van der Waals surface area contributed by atoms with Crippen LogP contribution in [0.1, 0.15) is 22.8 Å². The largest absolute Gasteiger partial charge is 0.454 e. The van der Waals surface area contributed by atoms with E-state index in [-0.39, 0.29) is 0 Å². The zero-order chi connectivity index (χ0) is 18.2. The van der Waals surface area contributed by atoms with Gasteiger partial charge in [0.15, 0.2) is 6.61 Å². The fourth-order valence-electron chi connectivity index (χ4n) is 1.85. The number of hydrogen-bond acceptors (Lipinski definition) is 6. The average Bonchev–Trinajstić information content (AvgIpc) is 3.07. The molecule has 1 heterocycles. The number of benzene rings is 1. The summed E-state index contributed by atoms with van der Waals surface area (Å²) in [5, 5.41) is 15.9. The highest BCUT2D eigenvalue weighted by Crippen LogP contribution is 2.21. The maximum absolute atomic E-state index is 12.0. The molecule has 0 aliphatic rings. The summed E-state index contributed by atoms with van der Waals surface area (Å²) in [6.45, 7) is 0.960. The van der Waals surface area contributed by atoms with Crippen LogP contribution in [0, 0.1) is 11.3 Å². The summed E-state index contributed by atoms with van der Waals surface area (Å²) in [6, 6.07) is 11.0. The first-order chi connectivity index (χ1) is 12.0. The molecule has 1 aromatic carbocycles. The topological polar surface area (TPSA) is 108 Å². The van der Waals surface area contributed by atoms with E-state index in [1.807, 2.05) is 6.07 Å². The highest BCUT2D eigenvalue weighted by atomic mass is 32.1. The lowest BCUT2D eigenvalue weighted by atomic mass is 10.2. The van der Waals surface area contributed by atoms with E-state index in [0.717, 1.165) is 0 Å². The molecule has 2 rings (SSSR count). The minimum Gasteiger partial charge on any atom is -0.454 e. The zero-order valence-corrected chi connectivity index (χ0v) is 14.1. The van der Waals surface area contributed by atoms with Crippen LogP contribution in [-0.2, 0) is 14.3 Å². The van der Waals surface area contributed by atoms with Crippen molar-refractivity contribution in [2.45, 2.75) is 13.0 Å². The third-order valence-corrected chi connectivity index (χ3v) is 3.95. The average molecular weight is 357 g/mol. The number of anilines is 1. The van der Waals surface area contributed by atoms with Gasteiger partial charge in [-0.25, -0.2) is 4.79 Å². The van der Waals surface area contributed by atoms with Gasteiger partial charge in [0.25, 0.3) is 11.8 Å². The van der Waals surface area contributed by atoms with Gasteiger partial charge in [0.1, 0.15) is 17.1 Å². The van der Waals surface area contributed by atoms with Crippen molar-refractivity contribution in [3.63, 3.8) is 0 Å². The Kier molecular flexibility index (Phi) is 6.26. The summed E-state index contributed by atoms with van der Waals surface area (Å²) >= 11 is 1.20. The molecule has 7 nitrogen and oxygen atoms in total. The van der Waals surface area contributed by atoms with Crippen molar-refractivity contribution in [2.24, 2.45) is 0 Å². The van der Waals surface area contributed by atoms with Crippen molar-refractivity contribution in [1.82, 2.24) is 5.32 Å². The minimum atomic E-state index is -0.906. The van der Waals surface area contributed by atoms with E-state index < -0.39 is 30.4 Å². The van der Waals surface area contributed by atoms with E-state index in [9.17, 15) is 14.4 Å². The first-order valence-electron chi connectivity index (χ1n) is 7.31. The number of thiophene rings is 1. The van der Waals surface area contributed by atoms with Gasteiger partial charge in [-0.3, -0.25) is 9.59 Å². The summed E-state index contributed by atoms with van der Waals surface area (Å²) < 4.78 is 4.88. The smallest absolute Gasteiger partial charge is 0.328 e. The molecule has 0 radical (unpaired) electrons. The molecule has 2 amide bonds. The Balaban J connectivity index is 1.80. The number of rotatable bonds is 6. The van der Waals surface area contributed by atoms with Gasteiger partial charge in [-0.05, 0) is 30.5 Å². The Morgan fingerprint density at radius 1 is 1.24 bits per heavy atom. The Morgan fingerprint density at radius 3 is 2.64 bits per heavy atom. The van der Waals surface area contributed by atoms with Gasteiger partial charge in [0.2, 0.25) is 0 Å². The third-order valence-electron chi connectivity index (χ3n) is 3.12. The molecule has 0 fully saturated rings. The molecule has 8 heteroatoms. The Hall–Kier alpha value is -3.18. The van der Waals surface area contributed by atoms with Crippen molar-refractivity contribution in [2.75, 3.05) is 11.9 Å². The molecule has 0 saturated carbocycles. The molecule has 0 aliphatic heterocycles. The van der Waals surface area contributed by atoms with Gasteiger partial charge in [-0.2, -0.15) is 5.26 Å². The molecular formula is C17H15N3O4S. The highest BCUT2D eigenvalue weighted by molar-refractivity contribution is 7.14. The number of amides is 2. The summed E-state index contributed by atoms with van der Waals surface area (Å²) in [4.78, 5) is 35.6. The lowest BCUT2D eigenvalue weighted by Gasteiger charge is -2.13. The van der Waals surface area contributed by atoms with E-state index in [0.29, 0.717) is 16.1 Å². The van der Waals surface area contributed by atoms with Crippen LogP contribution < -0.4 is 10.6 Å². The summed E-state index contributed by atoms with van der Waals surface area (Å²) in [5.74, 6) is -1.70. The van der Waals surface area contributed by atoms with Gasteiger partial charge in [0.05, 0.1) is 5.56 Å². The van der Waals surface area contributed by atoms with Crippen molar-refractivity contribution >= 4 is 34.1 Å². The van der Waals surface area contributed by atoms with Crippen LogP contribution in [0.25, 0.3) is 0 Å². The van der Waals surface area contributed by atoms with Crippen LogP contribution in [0.3, 0.4) is 0 Å². The zero-order valence-electron chi connectivity index (χ0n) is 13.3. The number of nitriles is 1. The standard InChI is InChI=1S/C17H15N3O4S/c1-11(19-15(22)12-5-3-2-4-6-12)17(23)24-10-14(21)20-16-13(9-18)7-8-25-16/h2-8,11H,10H2,1H3,(H,19,22)(H,20,21)/t11-/m0/s1. The van der Waals surface area contributed by atoms with Gasteiger partial charge in [-0.1, -0.05) is 18.2 Å². The van der Waals surface area contributed by atoms with Crippen molar-refractivity contribution in [1.29, 1.82) is 5.26 Å². The summed E-state index contributed by atoms with van der Waals surface area (Å²) in [6.07, 6.45) is 0. The summed E-state index contributed by atoms with van der Waals surface area (Å²) in [5.41, 5.74) is 0.759. The Morgan fingerprint density at radius 2 is 1.96 bits per heavy atom. The van der Waals surface area contributed by atoms with E-state index in [2.05, 4.69) is 10.6 Å². The van der Waals surface area contributed by atoms with E-state index in [1.54, 1.807) is 41.8 Å². The maximum Gasteiger partial charge on any atom is 0.328 e. The number of ether oxygens (including phenoxy) is 1. The Bertz CT molecular complexity index is 811. The van der Waals surface area contributed by atoms with Crippen molar-refractivity contribution < 1.29 is 19.1 Å². The molecule has 128 valence electrons. The van der Waals surface area contributed by atoms with Gasteiger partial charge in [0, 0.05) is 5.56 Å². The molecule has 2 N–H and O–H groups in total. The normalized spacial score (nSPS) is 11.0. The number of carbonyl (C=O) groups is 3. The second-order valence-corrected chi connectivity index (χ2v) is 5.91. The predicted molar refractivity (Wildman–Crippen MR) is 92.0 cm³/mol. The molecule has 25 heavy (non-hydrogen) atoms. The first-order valence-corrected chi connectivity index (χ1v) is 8.19. The molecule has 0 saturated heterocycles. The van der Waals surface area contributed by atoms with Crippen LogP contribution in [0.2, 0.25) is 0 Å². The van der Waals surface area contributed by atoms with Gasteiger partial charge < -0.3 is 15.4 Å². The maximum atomic E-state index is 12.0. The highest BCUT2D eigenvalue weighted by Gasteiger charge is 2.19.